The molecule has 0 aliphatic heterocycles. The lowest BCUT2D eigenvalue weighted by molar-refractivity contribution is -0.137. The van der Waals surface area contributed by atoms with Gasteiger partial charge in [-0.05, 0) is 25.0 Å². The van der Waals surface area contributed by atoms with E-state index in [0.29, 0.717) is 5.56 Å². The van der Waals surface area contributed by atoms with Crippen LogP contribution in [-0.2, 0) is 11.7 Å². The second-order valence-corrected chi connectivity index (χ2v) is 4.78. The fourth-order valence-electron chi connectivity index (χ4n) is 2.55. The molecule has 1 aliphatic rings. The molecule has 1 fully saturated rings. The summed E-state index contributed by atoms with van der Waals surface area (Å²) >= 11 is 0. The third-order valence-corrected chi connectivity index (χ3v) is 3.56. The van der Waals surface area contributed by atoms with Gasteiger partial charge in [-0.1, -0.05) is 18.9 Å². The monoisotopic (exact) mass is 259 g/mol. The lowest BCUT2D eigenvalue weighted by Gasteiger charge is -2.26. The summed E-state index contributed by atoms with van der Waals surface area (Å²) in [5.41, 5.74) is 5.68. The standard InChI is InChI=1S/C13H16F3NO/c1-18-11-8-9(13(14,15)16)4-5-10(11)12(17)6-2-3-7-12/h4-5,8H,2-3,6-7,17H2,1H3. The maximum absolute atomic E-state index is 12.6. The SMILES string of the molecule is COc1cc(C(F)(F)F)ccc1C1(N)CCCC1. The van der Waals surface area contributed by atoms with Crippen LogP contribution in [0, 0.1) is 0 Å². The van der Waals surface area contributed by atoms with E-state index in [1.165, 1.54) is 13.2 Å². The van der Waals surface area contributed by atoms with Gasteiger partial charge in [0, 0.05) is 11.1 Å². The van der Waals surface area contributed by atoms with Gasteiger partial charge in [0.25, 0.3) is 0 Å². The van der Waals surface area contributed by atoms with Gasteiger partial charge in [-0.2, -0.15) is 13.2 Å². The second-order valence-electron chi connectivity index (χ2n) is 4.78. The Morgan fingerprint density at radius 1 is 1.22 bits per heavy atom. The molecule has 0 bridgehead atoms. The average molecular weight is 259 g/mol. The summed E-state index contributed by atoms with van der Waals surface area (Å²) in [6.45, 7) is 0. The van der Waals surface area contributed by atoms with Gasteiger partial charge in [-0.25, -0.2) is 0 Å². The van der Waals surface area contributed by atoms with Crippen LogP contribution in [0.2, 0.25) is 0 Å². The minimum atomic E-state index is -4.36. The highest BCUT2D eigenvalue weighted by Crippen LogP contribution is 2.42. The van der Waals surface area contributed by atoms with Gasteiger partial charge in [0.2, 0.25) is 0 Å². The van der Waals surface area contributed by atoms with Crippen LogP contribution < -0.4 is 10.5 Å². The van der Waals surface area contributed by atoms with Gasteiger partial charge in [0.05, 0.1) is 12.7 Å². The number of methoxy groups -OCH3 is 1. The molecule has 1 aromatic rings. The first kappa shape index (κ1) is 13.2. The highest BCUT2D eigenvalue weighted by Gasteiger charge is 2.36. The van der Waals surface area contributed by atoms with Crippen LogP contribution in [0.25, 0.3) is 0 Å². The number of ether oxygens (including phenoxy) is 1. The van der Waals surface area contributed by atoms with Crippen LogP contribution in [0.1, 0.15) is 36.8 Å². The molecule has 2 rings (SSSR count). The molecule has 0 radical (unpaired) electrons. The van der Waals surface area contributed by atoms with Crippen LogP contribution in [0.4, 0.5) is 13.2 Å². The summed E-state index contributed by atoms with van der Waals surface area (Å²) in [6, 6.07) is 3.56. The molecule has 0 amide bonds. The Kier molecular flexibility index (Phi) is 3.27. The first-order valence-corrected chi connectivity index (χ1v) is 5.91. The Balaban J connectivity index is 2.43. The predicted octanol–water partition coefficient (Wildman–Crippen LogP) is 3.44. The largest absolute Gasteiger partial charge is 0.496 e. The zero-order valence-electron chi connectivity index (χ0n) is 10.2. The van der Waals surface area contributed by atoms with E-state index in [4.69, 9.17) is 10.5 Å². The summed E-state index contributed by atoms with van der Waals surface area (Å²) < 4.78 is 42.9. The normalized spacial score (nSPS) is 18.9. The molecule has 1 aliphatic carbocycles. The molecule has 0 aromatic heterocycles. The maximum atomic E-state index is 12.6. The molecule has 2 nitrogen and oxygen atoms in total. The number of hydrogen-bond acceptors (Lipinski definition) is 2. The van der Waals surface area contributed by atoms with E-state index in [9.17, 15) is 13.2 Å². The Bertz CT molecular complexity index is 436. The van der Waals surface area contributed by atoms with Crippen molar-refractivity contribution >= 4 is 0 Å². The van der Waals surface area contributed by atoms with Crippen molar-refractivity contribution in [3.63, 3.8) is 0 Å². The molecule has 1 aromatic carbocycles. The lowest BCUT2D eigenvalue weighted by Crippen LogP contribution is -2.33. The van der Waals surface area contributed by atoms with Gasteiger partial charge in [-0.3, -0.25) is 0 Å². The fraction of sp³-hybridized carbons (Fsp3) is 0.538. The first-order chi connectivity index (χ1) is 8.37. The highest BCUT2D eigenvalue weighted by molar-refractivity contribution is 5.43. The Hall–Kier alpha value is -1.23. The van der Waals surface area contributed by atoms with E-state index in [1.807, 2.05) is 0 Å². The van der Waals surface area contributed by atoms with Gasteiger partial charge < -0.3 is 10.5 Å². The van der Waals surface area contributed by atoms with Crippen LogP contribution in [0.3, 0.4) is 0 Å². The lowest BCUT2D eigenvalue weighted by atomic mass is 9.88. The Morgan fingerprint density at radius 2 is 1.83 bits per heavy atom. The topological polar surface area (TPSA) is 35.2 Å². The van der Waals surface area contributed by atoms with Crippen molar-refractivity contribution in [3.8, 4) is 5.75 Å². The van der Waals surface area contributed by atoms with E-state index < -0.39 is 17.3 Å². The van der Waals surface area contributed by atoms with E-state index in [-0.39, 0.29) is 5.75 Å². The van der Waals surface area contributed by atoms with Crippen molar-refractivity contribution in [2.24, 2.45) is 5.73 Å². The van der Waals surface area contributed by atoms with Crippen molar-refractivity contribution in [2.45, 2.75) is 37.4 Å². The zero-order chi connectivity index (χ0) is 13.4. The molecule has 1 saturated carbocycles. The highest BCUT2D eigenvalue weighted by atomic mass is 19.4. The van der Waals surface area contributed by atoms with Gasteiger partial charge in [-0.15, -0.1) is 0 Å². The molecule has 100 valence electrons. The van der Waals surface area contributed by atoms with E-state index >= 15 is 0 Å². The third kappa shape index (κ3) is 2.32. The number of rotatable bonds is 2. The molecule has 0 unspecified atom stereocenters. The Labute approximate surface area is 104 Å². The van der Waals surface area contributed by atoms with Gasteiger partial charge in [0.1, 0.15) is 5.75 Å². The second kappa shape index (κ2) is 4.46. The molecule has 18 heavy (non-hydrogen) atoms. The van der Waals surface area contributed by atoms with Crippen molar-refractivity contribution in [2.75, 3.05) is 7.11 Å². The number of halogens is 3. The van der Waals surface area contributed by atoms with Crippen molar-refractivity contribution < 1.29 is 17.9 Å². The zero-order valence-corrected chi connectivity index (χ0v) is 10.2. The molecule has 0 spiro atoms. The molecule has 0 atom stereocenters. The van der Waals surface area contributed by atoms with Gasteiger partial charge >= 0.3 is 6.18 Å². The smallest absolute Gasteiger partial charge is 0.416 e. The molecular weight excluding hydrogens is 243 g/mol. The van der Waals surface area contributed by atoms with Gasteiger partial charge in [0.15, 0.2) is 0 Å². The van der Waals surface area contributed by atoms with Crippen LogP contribution in [-0.4, -0.2) is 7.11 Å². The summed E-state index contributed by atoms with van der Waals surface area (Å²) in [5.74, 6) is 0.231. The number of benzene rings is 1. The summed E-state index contributed by atoms with van der Waals surface area (Å²) in [4.78, 5) is 0. The number of hydrogen-bond donors (Lipinski definition) is 1. The van der Waals surface area contributed by atoms with Crippen molar-refractivity contribution in [3.05, 3.63) is 29.3 Å². The van der Waals surface area contributed by atoms with Crippen molar-refractivity contribution in [1.29, 1.82) is 0 Å². The molecule has 2 N–H and O–H groups in total. The third-order valence-electron chi connectivity index (χ3n) is 3.56. The summed E-state index contributed by atoms with van der Waals surface area (Å²) in [7, 11) is 1.37. The Morgan fingerprint density at radius 3 is 2.33 bits per heavy atom. The van der Waals surface area contributed by atoms with E-state index in [0.717, 1.165) is 37.8 Å². The maximum Gasteiger partial charge on any atom is 0.416 e. The van der Waals surface area contributed by atoms with Crippen LogP contribution in [0.15, 0.2) is 18.2 Å². The quantitative estimate of drug-likeness (QED) is 0.883. The van der Waals surface area contributed by atoms with E-state index in [2.05, 4.69) is 0 Å². The number of nitrogens with two attached hydrogens (primary N) is 1. The van der Waals surface area contributed by atoms with Crippen LogP contribution >= 0.6 is 0 Å². The predicted molar refractivity (Wildman–Crippen MR) is 62.3 cm³/mol. The van der Waals surface area contributed by atoms with Crippen molar-refractivity contribution in [1.82, 2.24) is 0 Å². The molecule has 0 saturated heterocycles. The summed E-state index contributed by atoms with van der Waals surface area (Å²) in [6.07, 6.45) is -0.784. The first-order valence-electron chi connectivity index (χ1n) is 5.91. The fourth-order valence-corrected chi connectivity index (χ4v) is 2.55. The molecule has 0 heterocycles. The minimum absolute atomic E-state index is 0.231. The number of alkyl halides is 3. The minimum Gasteiger partial charge on any atom is -0.496 e. The molecular formula is C13H16F3NO. The average Bonchev–Trinajstić information content (AvgIpc) is 2.75. The van der Waals surface area contributed by atoms with E-state index in [1.54, 1.807) is 0 Å². The van der Waals surface area contributed by atoms with Crippen LogP contribution in [0.5, 0.6) is 5.75 Å². The summed E-state index contributed by atoms with van der Waals surface area (Å²) in [5, 5.41) is 0. The molecule has 5 heteroatoms.